The lowest BCUT2D eigenvalue weighted by Crippen LogP contribution is -2.37. The van der Waals surface area contributed by atoms with E-state index < -0.39 is 0 Å². The zero-order valence-corrected chi connectivity index (χ0v) is 16.9. The van der Waals surface area contributed by atoms with E-state index in [1.54, 1.807) is 17.5 Å². The van der Waals surface area contributed by atoms with E-state index in [4.69, 9.17) is 0 Å². The predicted molar refractivity (Wildman–Crippen MR) is 110 cm³/mol. The molecule has 1 atom stereocenters. The highest BCUT2D eigenvalue weighted by atomic mass is 32.1. The molecule has 0 radical (unpaired) electrons. The summed E-state index contributed by atoms with van der Waals surface area (Å²) >= 11 is 1.58. The lowest BCUT2D eigenvalue weighted by molar-refractivity contribution is 0.0941. The Bertz CT molecular complexity index is 935. The smallest absolute Gasteiger partial charge is 0.252 e. The molecule has 0 unspecified atom stereocenters. The van der Waals surface area contributed by atoms with Gasteiger partial charge in [-0.05, 0) is 30.5 Å². The first kappa shape index (κ1) is 18.6. The van der Waals surface area contributed by atoms with Crippen LogP contribution in [0.2, 0.25) is 0 Å². The molecule has 0 spiro atoms. The Morgan fingerprint density at radius 1 is 1.43 bits per heavy atom. The summed E-state index contributed by atoms with van der Waals surface area (Å²) in [6.07, 6.45) is 6.48. The molecule has 3 aromatic heterocycles. The molecular formula is C20H24N6OS. The number of carbonyl (C=O) groups excluding carboxylic acids is 1. The Balaban J connectivity index is 1.36. The average molecular weight is 397 g/mol. The SMILES string of the molecule is CC(C)Cn1cc(-c2cc(C(=O)N[C@H]3CCN(c4cccnn4)C3)cs2)cn1. The summed E-state index contributed by atoms with van der Waals surface area (Å²) in [7, 11) is 0. The highest BCUT2D eigenvalue weighted by Gasteiger charge is 2.25. The van der Waals surface area contributed by atoms with Crippen molar-refractivity contribution >= 4 is 23.1 Å². The minimum Gasteiger partial charge on any atom is -0.353 e. The van der Waals surface area contributed by atoms with Crippen molar-refractivity contribution in [1.82, 2.24) is 25.3 Å². The molecule has 4 heterocycles. The van der Waals surface area contributed by atoms with Crippen LogP contribution in [0.1, 0.15) is 30.6 Å². The number of rotatable bonds is 6. The quantitative estimate of drug-likeness (QED) is 0.693. The summed E-state index contributed by atoms with van der Waals surface area (Å²) in [4.78, 5) is 15.9. The van der Waals surface area contributed by atoms with Crippen molar-refractivity contribution in [2.24, 2.45) is 5.92 Å². The van der Waals surface area contributed by atoms with Gasteiger partial charge < -0.3 is 10.2 Å². The van der Waals surface area contributed by atoms with Gasteiger partial charge in [-0.15, -0.1) is 16.4 Å². The van der Waals surface area contributed by atoms with Crippen LogP contribution in [-0.2, 0) is 6.54 Å². The minimum atomic E-state index is -0.0249. The molecule has 1 fully saturated rings. The van der Waals surface area contributed by atoms with E-state index in [-0.39, 0.29) is 11.9 Å². The van der Waals surface area contributed by atoms with Gasteiger partial charge >= 0.3 is 0 Å². The van der Waals surface area contributed by atoms with E-state index in [0.717, 1.165) is 42.3 Å². The molecule has 7 nitrogen and oxygen atoms in total. The number of nitrogens with zero attached hydrogens (tertiary/aromatic N) is 5. The largest absolute Gasteiger partial charge is 0.353 e. The second-order valence-electron chi connectivity index (χ2n) is 7.53. The van der Waals surface area contributed by atoms with Gasteiger partial charge in [0.1, 0.15) is 0 Å². The van der Waals surface area contributed by atoms with Crippen molar-refractivity contribution < 1.29 is 4.79 Å². The summed E-state index contributed by atoms with van der Waals surface area (Å²) < 4.78 is 1.96. The highest BCUT2D eigenvalue weighted by molar-refractivity contribution is 7.13. The summed E-state index contributed by atoms with van der Waals surface area (Å²) in [5, 5.41) is 17.6. The maximum Gasteiger partial charge on any atom is 0.252 e. The zero-order valence-electron chi connectivity index (χ0n) is 16.1. The molecule has 0 aliphatic carbocycles. The van der Waals surface area contributed by atoms with Gasteiger partial charge in [0, 0.05) is 53.9 Å². The number of hydrogen-bond acceptors (Lipinski definition) is 6. The lowest BCUT2D eigenvalue weighted by Gasteiger charge is -2.16. The van der Waals surface area contributed by atoms with E-state index in [9.17, 15) is 4.79 Å². The third-order valence-electron chi connectivity index (χ3n) is 4.74. The van der Waals surface area contributed by atoms with Gasteiger partial charge in [0.25, 0.3) is 5.91 Å². The number of carbonyl (C=O) groups is 1. The molecule has 1 N–H and O–H groups in total. The number of aromatic nitrogens is 4. The van der Waals surface area contributed by atoms with Crippen LogP contribution in [0.25, 0.3) is 10.4 Å². The van der Waals surface area contributed by atoms with E-state index in [0.29, 0.717) is 11.5 Å². The van der Waals surface area contributed by atoms with Gasteiger partial charge in [-0.3, -0.25) is 9.48 Å². The fourth-order valence-electron chi connectivity index (χ4n) is 3.39. The van der Waals surface area contributed by atoms with Crippen LogP contribution >= 0.6 is 11.3 Å². The van der Waals surface area contributed by atoms with Crippen LogP contribution in [0.15, 0.2) is 42.2 Å². The van der Waals surface area contributed by atoms with Crippen LogP contribution in [-0.4, -0.2) is 45.0 Å². The maximum absolute atomic E-state index is 12.7. The van der Waals surface area contributed by atoms with E-state index >= 15 is 0 Å². The number of nitrogens with one attached hydrogen (secondary N) is 1. The number of anilines is 1. The first-order valence-corrected chi connectivity index (χ1v) is 10.4. The molecule has 1 aliphatic rings. The fraction of sp³-hybridized carbons (Fsp3) is 0.400. The monoisotopic (exact) mass is 396 g/mol. The molecule has 1 amide bonds. The van der Waals surface area contributed by atoms with Gasteiger partial charge in [-0.25, -0.2) is 0 Å². The van der Waals surface area contributed by atoms with Gasteiger partial charge in [0.05, 0.1) is 11.8 Å². The van der Waals surface area contributed by atoms with E-state index in [1.807, 2.05) is 40.7 Å². The number of thiophene rings is 1. The molecule has 8 heteroatoms. The first-order valence-electron chi connectivity index (χ1n) is 9.53. The highest BCUT2D eigenvalue weighted by Crippen LogP contribution is 2.27. The Morgan fingerprint density at radius 2 is 2.32 bits per heavy atom. The van der Waals surface area contributed by atoms with Crippen LogP contribution in [0.3, 0.4) is 0 Å². The average Bonchev–Trinajstić information content (AvgIpc) is 3.42. The Morgan fingerprint density at radius 3 is 3.11 bits per heavy atom. The number of hydrogen-bond donors (Lipinski definition) is 1. The van der Waals surface area contributed by atoms with Crippen molar-refractivity contribution in [3.63, 3.8) is 0 Å². The normalized spacial score (nSPS) is 16.7. The zero-order chi connectivity index (χ0) is 19.5. The predicted octanol–water partition coefficient (Wildman–Crippen LogP) is 3.07. The maximum atomic E-state index is 12.7. The van der Waals surface area contributed by atoms with E-state index in [2.05, 4.69) is 39.4 Å². The molecule has 4 rings (SSSR count). The molecule has 0 saturated carbocycles. The fourth-order valence-corrected chi connectivity index (χ4v) is 4.25. The molecular weight excluding hydrogens is 372 g/mol. The lowest BCUT2D eigenvalue weighted by atomic mass is 10.2. The molecule has 0 bridgehead atoms. The van der Waals surface area contributed by atoms with Gasteiger partial charge in [-0.1, -0.05) is 13.8 Å². The molecule has 0 aromatic carbocycles. The van der Waals surface area contributed by atoms with Crippen LogP contribution in [0.5, 0.6) is 0 Å². The van der Waals surface area contributed by atoms with Crippen molar-refractivity contribution in [3.8, 4) is 10.4 Å². The molecule has 146 valence electrons. The Hall–Kier alpha value is -2.74. The Labute approximate surface area is 168 Å². The number of amides is 1. The standard InChI is InChI=1S/C20H24N6OS/c1-14(2)10-26-11-16(9-22-26)18-8-15(13-28-18)20(27)23-17-5-7-25(12-17)19-4-3-6-21-24-19/h3-4,6,8-9,11,13-14,17H,5,7,10,12H2,1-2H3,(H,23,27)/t17-/m0/s1. The summed E-state index contributed by atoms with van der Waals surface area (Å²) in [5.41, 5.74) is 1.76. The molecule has 1 saturated heterocycles. The third-order valence-corrected chi connectivity index (χ3v) is 5.72. The van der Waals surface area contributed by atoms with Crippen molar-refractivity contribution in [1.29, 1.82) is 0 Å². The second-order valence-corrected chi connectivity index (χ2v) is 8.44. The molecule has 28 heavy (non-hydrogen) atoms. The van der Waals surface area contributed by atoms with Gasteiger partial charge in [-0.2, -0.15) is 10.2 Å². The van der Waals surface area contributed by atoms with Crippen molar-refractivity contribution in [2.75, 3.05) is 18.0 Å². The first-order chi connectivity index (χ1) is 13.6. The molecule has 1 aliphatic heterocycles. The summed E-state index contributed by atoms with van der Waals surface area (Å²) in [5.74, 6) is 1.38. The second kappa shape index (κ2) is 8.10. The van der Waals surface area contributed by atoms with Crippen LogP contribution < -0.4 is 10.2 Å². The van der Waals surface area contributed by atoms with Gasteiger partial charge in [0.2, 0.25) is 0 Å². The summed E-state index contributed by atoms with van der Waals surface area (Å²) in [6, 6.07) is 5.89. The summed E-state index contributed by atoms with van der Waals surface area (Å²) in [6.45, 7) is 6.85. The molecule has 3 aromatic rings. The van der Waals surface area contributed by atoms with Crippen molar-refractivity contribution in [2.45, 2.75) is 32.9 Å². The van der Waals surface area contributed by atoms with Crippen molar-refractivity contribution in [3.05, 3.63) is 47.7 Å². The third kappa shape index (κ3) is 4.22. The Kier molecular flexibility index (Phi) is 5.38. The topological polar surface area (TPSA) is 75.9 Å². The van der Waals surface area contributed by atoms with Crippen LogP contribution in [0, 0.1) is 5.92 Å². The van der Waals surface area contributed by atoms with Crippen LogP contribution in [0.4, 0.5) is 5.82 Å². The van der Waals surface area contributed by atoms with E-state index in [1.165, 1.54) is 0 Å². The van der Waals surface area contributed by atoms with Gasteiger partial charge in [0.15, 0.2) is 5.82 Å². The minimum absolute atomic E-state index is 0.0249.